The van der Waals surface area contributed by atoms with Crippen LogP contribution in [-0.2, 0) is 18.9 Å². The molecule has 2 aromatic heterocycles. The molecule has 0 aliphatic heterocycles. The molecule has 0 unspecified atom stereocenters. The van der Waals surface area contributed by atoms with Gasteiger partial charge in [0.15, 0.2) is 17.2 Å². The Labute approximate surface area is 224 Å². The Balaban J connectivity index is 1.60. The van der Waals surface area contributed by atoms with Crippen molar-refractivity contribution in [3.63, 3.8) is 0 Å². The van der Waals surface area contributed by atoms with Crippen LogP contribution < -0.4 is 4.74 Å². The third kappa shape index (κ3) is 6.64. The van der Waals surface area contributed by atoms with Gasteiger partial charge in [-0.1, -0.05) is 19.1 Å². The molecular weight excluding hydrogens is 521 g/mol. The van der Waals surface area contributed by atoms with Gasteiger partial charge in [-0.05, 0) is 67.4 Å². The standard InChI is InChI=1S/C28H36N3O5PS/c1-6-38(33,34)22-10-7-9-21(18-22)23-11-12-25(27-26(23)24-17-20(2)19-29-28(24)30-27)35-15-8-13-31(3)14-16-36-37(4,5)32/h7,9-12,17-19H,6,8,13-16H2,1-5H3,(H,29,30). The Morgan fingerprint density at radius 3 is 2.61 bits per heavy atom. The molecule has 10 heteroatoms. The van der Waals surface area contributed by atoms with Gasteiger partial charge >= 0.3 is 0 Å². The van der Waals surface area contributed by atoms with E-state index < -0.39 is 17.2 Å². The number of ether oxygens (including phenoxy) is 1. The summed E-state index contributed by atoms with van der Waals surface area (Å²) < 4.78 is 48.4. The molecule has 0 radical (unpaired) electrons. The maximum atomic E-state index is 12.5. The first kappa shape index (κ1) is 28.3. The van der Waals surface area contributed by atoms with Crippen LogP contribution in [0.1, 0.15) is 18.9 Å². The number of hydrogen-bond donors (Lipinski definition) is 1. The normalized spacial score (nSPS) is 12.6. The van der Waals surface area contributed by atoms with E-state index >= 15 is 0 Å². The minimum Gasteiger partial charge on any atom is -0.491 e. The van der Waals surface area contributed by atoms with Crippen molar-refractivity contribution in [3.8, 4) is 16.9 Å². The topological polar surface area (TPSA) is 102 Å². The van der Waals surface area contributed by atoms with E-state index in [-0.39, 0.29) is 5.75 Å². The number of likely N-dealkylation sites (N-methyl/N-ethyl adjacent to an activating group) is 1. The maximum absolute atomic E-state index is 12.5. The summed E-state index contributed by atoms with van der Waals surface area (Å²) in [6.07, 6.45) is 2.63. The van der Waals surface area contributed by atoms with Crippen molar-refractivity contribution in [2.45, 2.75) is 25.2 Å². The van der Waals surface area contributed by atoms with E-state index in [9.17, 15) is 13.0 Å². The van der Waals surface area contributed by atoms with Crippen molar-refractivity contribution in [2.75, 3.05) is 52.4 Å². The SMILES string of the molecule is CCS(=O)(=O)c1cccc(-c2ccc(OCCCN(C)CCOP(C)(C)=O)c3[nH]c4ncc(C)cc4c23)c1. The van der Waals surface area contributed by atoms with Gasteiger partial charge in [0.25, 0.3) is 0 Å². The number of nitrogens with one attached hydrogen (secondary N) is 1. The lowest BCUT2D eigenvalue weighted by atomic mass is 9.99. The number of rotatable bonds is 12. The highest BCUT2D eigenvalue weighted by molar-refractivity contribution is 7.91. The molecule has 0 aliphatic carbocycles. The Morgan fingerprint density at radius 2 is 1.87 bits per heavy atom. The van der Waals surface area contributed by atoms with Crippen molar-refractivity contribution in [3.05, 3.63) is 54.2 Å². The Bertz CT molecular complexity index is 1590. The van der Waals surface area contributed by atoms with E-state index in [1.54, 1.807) is 38.5 Å². The fourth-order valence-electron chi connectivity index (χ4n) is 4.39. The highest BCUT2D eigenvalue weighted by Crippen LogP contribution is 2.39. The Kier molecular flexibility index (Phi) is 8.62. The summed E-state index contributed by atoms with van der Waals surface area (Å²) in [6.45, 7) is 9.37. The molecule has 1 N–H and O–H groups in total. The van der Waals surface area contributed by atoms with E-state index in [4.69, 9.17) is 9.26 Å². The van der Waals surface area contributed by atoms with Crippen LogP contribution in [0.25, 0.3) is 33.1 Å². The molecule has 4 rings (SSSR count). The predicted octanol–water partition coefficient (Wildman–Crippen LogP) is 5.74. The fraction of sp³-hybridized carbons (Fsp3) is 0.393. The van der Waals surface area contributed by atoms with E-state index in [1.165, 1.54) is 0 Å². The molecule has 0 saturated carbocycles. The summed E-state index contributed by atoms with van der Waals surface area (Å²) in [5.74, 6) is 0.773. The maximum Gasteiger partial charge on any atom is 0.197 e. The highest BCUT2D eigenvalue weighted by Gasteiger charge is 2.18. The monoisotopic (exact) mass is 557 g/mol. The van der Waals surface area contributed by atoms with Crippen molar-refractivity contribution in [1.29, 1.82) is 0 Å². The summed E-state index contributed by atoms with van der Waals surface area (Å²) in [5.41, 5.74) is 4.37. The number of nitrogens with zero attached hydrogens (tertiary/aromatic N) is 2. The molecule has 0 aliphatic rings. The summed E-state index contributed by atoms with van der Waals surface area (Å²) in [7, 11) is -3.79. The van der Waals surface area contributed by atoms with Crippen LogP contribution in [0.2, 0.25) is 0 Å². The second-order valence-electron chi connectivity index (χ2n) is 9.92. The molecular formula is C28H36N3O5PS. The predicted molar refractivity (Wildman–Crippen MR) is 155 cm³/mol. The second kappa shape index (κ2) is 11.6. The number of benzene rings is 2. The first-order valence-corrected chi connectivity index (χ1v) is 16.9. The molecule has 38 heavy (non-hydrogen) atoms. The molecule has 0 atom stereocenters. The second-order valence-corrected chi connectivity index (χ2v) is 15.0. The van der Waals surface area contributed by atoms with Gasteiger partial charge < -0.3 is 19.1 Å². The first-order valence-electron chi connectivity index (χ1n) is 12.7. The van der Waals surface area contributed by atoms with Gasteiger partial charge in [-0.3, -0.25) is 4.57 Å². The average Bonchev–Trinajstić information content (AvgIpc) is 3.25. The molecule has 8 nitrogen and oxygen atoms in total. The van der Waals surface area contributed by atoms with Crippen LogP contribution in [0.5, 0.6) is 5.75 Å². The zero-order valence-corrected chi connectivity index (χ0v) is 24.4. The molecule has 0 fully saturated rings. The Hall–Kier alpha value is -2.71. The van der Waals surface area contributed by atoms with Gasteiger partial charge in [0, 0.05) is 43.4 Å². The molecule has 0 saturated heterocycles. The van der Waals surface area contributed by atoms with Crippen LogP contribution in [0.3, 0.4) is 0 Å². The minimum atomic E-state index is -3.33. The smallest absolute Gasteiger partial charge is 0.197 e. The van der Waals surface area contributed by atoms with Gasteiger partial charge in [-0.2, -0.15) is 0 Å². The van der Waals surface area contributed by atoms with Crippen LogP contribution in [0.4, 0.5) is 0 Å². The number of H-pyrrole nitrogens is 1. The van der Waals surface area contributed by atoms with Gasteiger partial charge in [0.2, 0.25) is 0 Å². The van der Waals surface area contributed by atoms with Crippen LogP contribution in [0, 0.1) is 6.92 Å². The number of aromatic amines is 1. The molecule has 0 amide bonds. The average molecular weight is 558 g/mol. The van der Waals surface area contributed by atoms with Gasteiger partial charge in [-0.25, -0.2) is 13.4 Å². The van der Waals surface area contributed by atoms with Crippen LogP contribution in [-0.4, -0.2) is 75.7 Å². The molecule has 204 valence electrons. The zero-order valence-electron chi connectivity index (χ0n) is 22.7. The molecule has 0 spiro atoms. The first-order chi connectivity index (χ1) is 18.0. The molecule has 0 bridgehead atoms. The number of sulfone groups is 1. The largest absolute Gasteiger partial charge is 0.491 e. The van der Waals surface area contributed by atoms with Gasteiger partial charge in [-0.15, -0.1) is 0 Å². The van der Waals surface area contributed by atoms with Crippen molar-refractivity contribution in [1.82, 2.24) is 14.9 Å². The van der Waals surface area contributed by atoms with E-state index in [0.717, 1.165) is 57.3 Å². The van der Waals surface area contributed by atoms with E-state index in [2.05, 4.69) is 20.9 Å². The fourth-order valence-corrected chi connectivity index (χ4v) is 5.84. The number of fused-ring (bicyclic) bond motifs is 3. The Morgan fingerprint density at radius 1 is 1.08 bits per heavy atom. The number of aryl methyl sites for hydroxylation is 1. The molecule has 4 aromatic rings. The van der Waals surface area contributed by atoms with Crippen LogP contribution >= 0.6 is 7.37 Å². The third-order valence-electron chi connectivity index (χ3n) is 6.41. The van der Waals surface area contributed by atoms with Gasteiger partial charge in [0.05, 0.1) is 29.4 Å². The number of pyridine rings is 1. The van der Waals surface area contributed by atoms with Crippen molar-refractivity contribution < 1.29 is 22.2 Å². The summed E-state index contributed by atoms with van der Waals surface area (Å²) >= 11 is 0. The van der Waals surface area contributed by atoms with E-state index in [0.29, 0.717) is 24.7 Å². The third-order valence-corrected chi connectivity index (χ3v) is 8.94. The lowest BCUT2D eigenvalue weighted by Gasteiger charge is -2.18. The van der Waals surface area contributed by atoms with Crippen LogP contribution in [0.15, 0.2) is 53.6 Å². The summed E-state index contributed by atoms with van der Waals surface area (Å²) in [6, 6.07) is 13.1. The molecule has 2 aromatic carbocycles. The van der Waals surface area contributed by atoms with Crippen molar-refractivity contribution in [2.24, 2.45) is 0 Å². The zero-order chi connectivity index (χ0) is 27.5. The quantitative estimate of drug-likeness (QED) is 0.175. The summed E-state index contributed by atoms with van der Waals surface area (Å²) in [5, 5.41) is 1.92. The lowest BCUT2D eigenvalue weighted by molar-refractivity contribution is 0.222. The lowest BCUT2D eigenvalue weighted by Crippen LogP contribution is -2.25. The highest BCUT2D eigenvalue weighted by atomic mass is 32.2. The van der Waals surface area contributed by atoms with E-state index in [1.807, 2.05) is 38.4 Å². The summed E-state index contributed by atoms with van der Waals surface area (Å²) in [4.78, 5) is 10.5. The number of hydrogen-bond acceptors (Lipinski definition) is 7. The minimum absolute atomic E-state index is 0.0507. The van der Waals surface area contributed by atoms with Gasteiger partial charge in [0.1, 0.15) is 11.4 Å². The number of aromatic nitrogens is 2. The van der Waals surface area contributed by atoms with Crippen molar-refractivity contribution >= 4 is 39.1 Å². The molecule has 2 heterocycles.